The molecule has 0 saturated heterocycles. The summed E-state index contributed by atoms with van der Waals surface area (Å²) in [7, 11) is 1.59. The van der Waals surface area contributed by atoms with Crippen LogP contribution in [-0.2, 0) is 6.61 Å². The molecule has 0 saturated carbocycles. The summed E-state index contributed by atoms with van der Waals surface area (Å²) in [5.41, 5.74) is 4.35. The lowest BCUT2D eigenvalue weighted by molar-refractivity contribution is 0.0940. The maximum atomic E-state index is 13.2. The highest BCUT2D eigenvalue weighted by molar-refractivity contribution is 6.01. The van der Waals surface area contributed by atoms with E-state index in [0.29, 0.717) is 34.8 Å². The third-order valence-corrected chi connectivity index (χ3v) is 5.69. The zero-order valence-electron chi connectivity index (χ0n) is 19.6. The van der Waals surface area contributed by atoms with Crippen molar-refractivity contribution in [3.8, 4) is 28.7 Å². The fraction of sp³-hybridized carbons (Fsp3) is 0.138. The first-order valence-corrected chi connectivity index (χ1v) is 11.2. The molecule has 1 heterocycles. The summed E-state index contributed by atoms with van der Waals surface area (Å²) in [4.78, 5) is 17.3. The highest BCUT2D eigenvalue weighted by Crippen LogP contribution is 2.32. The fourth-order valence-corrected chi connectivity index (χ4v) is 3.80. The predicted molar refractivity (Wildman–Crippen MR) is 134 cm³/mol. The fourth-order valence-electron chi connectivity index (χ4n) is 3.80. The van der Waals surface area contributed by atoms with E-state index in [-0.39, 0.29) is 11.9 Å². The SMILES string of the molecule is COc1cc(C(C)NC(=O)c2ccccc2-c2ccccc2C#N)ccc1OCc1ccncc1. The Labute approximate surface area is 204 Å². The molecular formula is C29H25N3O3. The van der Waals surface area contributed by atoms with Gasteiger partial charge < -0.3 is 14.8 Å². The first kappa shape index (κ1) is 23.5. The molecule has 0 fully saturated rings. The van der Waals surface area contributed by atoms with Gasteiger partial charge in [0.2, 0.25) is 0 Å². The number of nitrogens with one attached hydrogen (secondary N) is 1. The highest BCUT2D eigenvalue weighted by Gasteiger charge is 2.18. The third kappa shape index (κ3) is 5.48. The molecule has 0 radical (unpaired) electrons. The minimum absolute atomic E-state index is 0.224. The van der Waals surface area contributed by atoms with Crippen LogP contribution in [0.15, 0.2) is 91.3 Å². The van der Waals surface area contributed by atoms with Gasteiger partial charge in [-0.25, -0.2) is 0 Å². The summed E-state index contributed by atoms with van der Waals surface area (Å²) in [5, 5.41) is 12.6. The zero-order chi connectivity index (χ0) is 24.6. The molecule has 0 spiro atoms. The molecule has 0 aliphatic carbocycles. The van der Waals surface area contributed by atoms with Crippen LogP contribution in [-0.4, -0.2) is 18.0 Å². The topological polar surface area (TPSA) is 84.2 Å². The third-order valence-electron chi connectivity index (χ3n) is 5.69. The molecule has 0 bridgehead atoms. The molecule has 1 amide bonds. The van der Waals surface area contributed by atoms with Crippen molar-refractivity contribution in [1.29, 1.82) is 5.26 Å². The predicted octanol–water partition coefficient (Wildman–Crippen LogP) is 5.70. The maximum Gasteiger partial charge on any atom is 0.252 e. The lowest BCUT2D eigenvalue weighted by Gasteiger charge is -2.18. The smallest absolute Gasteiger partial charge is 0.252 e. The lowest BCUT2D eigenvalue weighted by atomic mass is 9.95. The number of nitriles is 1. The van der Waals surface area contributed by atoms with Crippen LogP contribution >= 0.6 is 0 Å². The molecule has 0 aliphatic heterocycles. The van der Waals surface area contributed by atoms with E-state index < -0.39 is 0 Å². The number of benzene rings is 3. The van der Waals surface area contributed by atoms with Crippen molar-refractivity contribution in [2.75, 3.05) is 7.11 Å². The van der Waals surface area contributed by atoms with Crippen molar-refractivity contribution < 1.29 is 14.3 Å². The van der Waals surface area contributed by atoms with E-state index in [1.165, 1.54) is 0 Å². The van der Waals surface area contributed by atoms with Crippen molar-refractivity contribution >= 4 is 5.91 Å². The zero-order valence-corrected chi connectivity index (χ0v) is 19.6. The number of methoxy groups -OCH3 is 1. The van der Waals surface area contributed by atoms with Crippen LogP contribution in [0, 0.1) is 11.3 Å². The molecule has 4 rings (SSSR count). The van der Waals surface area contributed by atoms with Crippen LogP contribution in [0.5, 0.6) is 11.5 Å². The van der Waals surface area contributed by atoms with Gasteiger partial charge in [0, 0.05) is 23.5 Å². The largest absolute Gasteiger partial charge is 0.493 e. The summed E-state index contributed by atoms with van der Waals surface area (Å²) >= 11 is 0. The van der Waals surface area contributed by atoms with E-state index in [2.05, 4.69) is 16.4 Å². The summed E-state index contributed by atoms with van der Waals surface area (Å²) in [6.45, 7) is 2.31. The lowest BCUT2D eigenvalue weighted by Crippen LogP contribution is -2.27. The van der Waals surface area contributed by atoms with Crippen molar-refractivity contribution in [3.63, 3.8) is 0 Å². The van der Waals surface area contributed by atoms with Gasteiger partial charge in [-0.15, -0.1) is 0 Å². The second-order valence-corrected chi connectivity index (χ2v) is 7.95. The van der Waals surface area contributed by atoms with Crippen LogP contribution in [0.1, 0.15) is 40.0 Å². The first-order chi connectivity index (χ1) is 17.1. The van der Waals surface area contributed by atoms with Gasteiger partial charge in [0.25, 0.3) is 5.91 Å². The van der Waals surface area contributed by atoms with Gasteiger partial charge in [-0.1, -0.05) is 42.5 Å². The average Bonchev–Trinajstić information content (AvgIpc) is 2.92. The Morgan fingerprint density at radius 2 is 1.69 bits per heavy atom. The second-order valence-electron chi connectivity index (χ2n) is 7.95. The molecule has 1 N–H and O–H groups in total. The summed E-state index contributed by atoms with van der Waals surface area (Å²) in [5.74, 6) is 0.976. The molecule has 6 heteroatoms. The van der Waals surface area contributed by atoms with Gasteiger partial charge in [-0.3, -0.25) is 9.78 Å². The summed E-state index contributed by atoms with van der Waals surface area (Å²) in [6, 6.07) is 25.9. The number of nitrogens with zero attached hydrogens (tertiary/aromatic N) is 2. The molecule has 1 atom stereocenters. The molecule has 1 aromatic heterocycles. The molecule has 4 aromatic rings. The molecule has 35 heavy (non-hydrogen) atoms. The molecular weight excluding hydrogens is 438 g/mol. The Kier molecular flexibility index (Phi) is 7.39. The van der Waals surface area contributed by atoms with E-state index in [9.17, 15) is 10.1 Å². The summed E-state index contributed by atoms with van der Waals surface area (Å²) < 4.78 is 11.5. The number of pyridine rings is 1. The Morgan fingerprint density at radius 3 is 2.43 bits per heavy atom. The van der Waals surface area contributed by atoms with Gasteiger partial charge in [0.05, 0.1) is 24.8 Å². The van der Waals surface area contributed by atoms with Gasteiger partial charge in [0.1, 0.15) is 6.61 Å². The number of rotatable bonds is 8. The summed E-state index contributed by atoms with van der Waals surface area (Å²) in [6.07, 6.45) is 3.45. The average molecular weight is 464 g/mol. The molecule has 174 valence electrons. The Balaban J connectivity index is 1.52. The van der Waals surface area contributed by atoms with Gasteiger partial charge in [-0.05, 0) is 60.0 Å². The standard InChI is InChI=1S/C29H25N3O3/c1-20(22-11-12-27(28(17-22)34-2)35-19-21-13-15-31-16-14-21)32-29(33)26-10-6-5-9-25(26)24-8-4-3-7-23(24)18-30/h3-17,20H,19H2,1-2H3,(H,32,33). The normalized spacial score (nSPS) is 11.2. The number of ether oxygens (including phenoxy) is 2. The monoisotopic (exact) mass is 463 g/mol. The van der Waals surface area contributed by atoms with Crippen molar-refractivity contribution in [3.05, 3.63) is 114 Å². The van der Waals surface area contributed by atoms with E-state index in [1.807, 2.05) is 73.7 Å². The minimum atomic E-state index is -0.287. The van der Waals surface area contributed by atoms with Gasteiger partial charge in [-0.2, -0.15) is 5.26 Å². The first-order valence-electron chi connectivity index (χ1n) is 11.2. The van der Waals surface area contributed by atoms with Crippen LogP contribution < -0.4 is 14.8 Å². The molecule has 0 aliphatic rings. The van der Waals surface area contributed by atoms with Gasteiger partial charge >= 0.3 is 0 Å². The van der Waals surface area contributed by atoms with Crippen LogP contribution in [0.25, 0.3) is 11.1 Å². The highest BCUT2D eigenvalue weighted by atomic mass is 16.5. The van der Waals surface area contributed by atoms with Crippen LogP contribution in [0.3, 0.4) is 0 Å². The second kappa shape index (κ2) is 11.0. The van der Waals surface area contributed by atoms with Crippen molar-refractivity contribution in [2.24, 2.45) is 0 Å². The van der Waals surface area contributed by atoms with Gasteiger partial charge in [0.15, 0.2) is 11.5 Å². The van der Waals surface area contributed by atoms with Crippen molar-refractivity contribution in [2.45, 2.75) is 19.6 Å². The number of carbonyl (C=O) groups excluding carboxylic acids is 1. The quantitative estimate of drug-likeness (QED) is 0.362. The Hall–Kier alpha value is -4.63. The van der Waals surface area contributed by atoms with E-state index in [0.717, 1.165) is 16.7 Å². The maximum absolute atomic E-state index is 13.2. The molecule has 6 nitrogen and oxygen atoms in total. The number of amides is 1. The van der Waals surface area contributed by atoms with E-state index >= 15 is 0 Å². The van der Waals surface area contributed by atoms with E-state index in [4.69, 9.17) is 9.47 Å². The molecule has 3 aromatic carbocycles. The van der Waals surface area contributed by atoms with Crippen molar-refractivity contribution in [1.82, 2.24) is 10.3 Å². The Bertz CT molecular complexity index is 1360. The minimum Gasteiger partial charge on any atom is -0.493 e. The number of hydrogen-bond donors (Lipinski definition) is 1. The van der Waals surface area contributed by atoms with Crippen LogP contribution in [0.2, 0.25) is 0 Å². The number of aromatic nitrogens is 1. The molecule has 1 unspecified atom stereocenters. The Morgan fingerprint density at radius 1 is 0.971 bits per heavy atom. The van der Waals surface area contributed by atoms with E-state index in [1.54, 1.807) is 31.6 Å². The number of hydrogen-bond acceptors (Lipinski definition) is 5. The number of carbonyl (C=O) groups is 1. The van der Waals surface area contributed by atoms with Crippen LogP contribution in [0.4, 0.5) is 0 Å².